The first-order valence-electron chi connectivity index (χ1n) is 13.5. The molecule has 3 aromatic rings. The molecule has 6 rings (SSSR count). The second-order valence-electron chi connectivity index (χ2n) is 10.9. The van der Waals surface area contributed by atoms with E-state index < -0.39 is 5.41 Å². The van der Waals surface area contributed by atoms with Crippen LogP contribution in [0.25, 0.3) is 5.57 Å². The van der Waals surface area contributed by atoms with Gasteiger partial charge in [0.2, 0.25) is 0 Å². The Kier molecular flexibility index (Phi) is 6.32. The van der Waals surface area contributed by atoms with Crippen molar-refractivity contribution < 1.29 is 14.3 Å². The average Bonchev–Trinajstić information content (AvgIpc) is 3.21. The van der Waals surface area contributed by atoms with Crippen molar-refractivity contribution in [2.45, 2.75) is 57.2 Å². The van der Waals surface area contributed by atoms with Crippen LogP contribution >= 0.6 is 0 Å². The molecule has 0 saturated carbocycles. The summed E-state index contributed by atoms with van der Waals surface area (Å²) in [5, 5.41) is 13.9. The molecule has 2 aliphatic heterocycles. The van der Waals surface area contributed by atoms with Gasteiger partial charge >= 0.3 is 0 Å². The zero-order valence-corrected chi connectivity index (χ0v) is 22.3. The first-order chi connectivity index (χ1) is 18.9. The lowest BCUT2D eigenvalue weighted by Crippen LogP contribution is -2.31. The lowest BCUT2D eigenvalue weighted by atomic mass is 9.76. The highest BCUT2D eigenvalue weighted by Crippen LogP contribution is 2.43. The molecule has 0 aromatic heterocycles. The Morgan fingerprint density at radius 3 is 2.38 bits per heavy atom. The maximum atomic E-state index is 12.9. The van der Waals surface area contributed by atoms with Gasteiger partial charge in [-0.1, -0.05) is 48.5 Å². The normalized spacial score (nSPS) is 19.5. The molecular weight excluding hydrogens is 486 g/mol. The predicted octanol–water partition coefficient (Wildman–Crippen LogP) is 6.23. The number of imide groups is 1. The SMILES string of the molecule is COC1Nc2cc(C(C)(C#N)Cc3cccc(CN4C(=O)c5ccccc5C4=O)c3)ccc2C2=C1CCCC2. The molecule has 2 unspecified atom stereocenters. The van der Waals surface area contributed by atoms with Crippen molar-refractivity contribution in [3.63, 3.8) is 0 Å². The zero-order chi connectivity index (χ0) is 27.1. The topological polar surface area (TPSA) is 82.4 Å². The smallest absolute Gasteiger partial charge is 0.261 e. The van der Waals surface area contributed by atoms with Crippen LogP contribution in [0.1, 0.15) is 75.6 Å². The number of hydrogen-bond donors (Lipinski definition) is 1. The van der Waals surface area contributed by atoms with Crippen LogP contribution in [0.4, 0.5) is 5.69 Å². The minimum absolute atomic E-state index is 0.129. The molecule has 39 heavy (non-hydrogen) atoms. The van der Waals surface area contributed by atoms with Crippen LogP contribution in [0.2, 0.25) is 0 Å². The lowest BCUT2D eigenvalue weighted by molar-refractivity contribution is 0.0642. The van der Waals surface area contributed by atoms with Crippen molar-refractivity contribution in [1.29, 1.82) is 5.26 Å². The molecule has 0 spiro atoms. The largest absolute Gasteiger partial charge is 0.358 e. The fraction of sp³-hybridized carbons (Fsp3) is 0.303. The highest BCUT2D eigenvalue weighted by Gasteiger charge is 2.35. The van der Waals surface area contributed by atoms with Gasteiger partial charge in [0.1, 0.15) is 6.23 Å². The van der Waals surface area contributed by atoms with E-state index in [1.54, 1.807) is 31.4 Å². The fourth-order valence-corrected chi connectivity index (χ4v) is 6.24. The Bertz CT molecular complexity index is 1530. The highest BCUT2D eigenvalue weighted by atomic mass is 16.5. The molecular formula is C33H31N3O3. The quantitative estimate of drug-likeness (QED) is 0.392. The second-order valence-corrected chi connectivity index (χ2v) is 10.9. The summed E-state index contributed by atoms with van der Waals surface area (Å²) in [6.07, 6.45) is 4.85. The van der Waals surface area contributed by atoms with E-state index in [-0.39, 0.29) is 24.6 Å². The van der Waals surface area contributed by atoms with E-state index in [9.17, 15) is 14.9 Å². The number of nitrogens with zero attached hydrogens (tertiary/aromatic N) is 2. The summed E-state index contributed by atoms with van der Waals surface area (Å²) in [6, 6.07) is 23.7. The Labute approximate surface area is 228 Å². The molecule has 3 aliphatic rings. The lowest BCUT2D eigenvalue weighted by Gasteiger charge is -2.35. The van der Waals surface area contributed by atoms with Crippen LogP contribution in [-0.2, 0) is 23.1 Å². The molecule has 0 fully saturated rings. The van der Waals surface area contributed by atoms with Gasteiger partial charge in [0.25, 0.3) is 11.8 Å². The molecule has 2 amide bonds. The molecule has 6 nitrogen and oxygen atoms in total. The fourth-order valence-electron chi connectivity index (χ4n) is 6.24. The number of amides is 2. The average molecular weight is 518 g/mol. The summed E-state index contributed by atoms with van der Waals surface area (Å²) in [6.45, 7) is 2.16. The van der Waals surface area contributed by atoms with E-state index in [0.29, 0.717) is 17.5 Å². The van der Waals surface area contributed by atoms with E-state index in [2.05, 4.69) is 29.6 Å². The number of anilines is 1. The third-order valence-corrected chi connectivity index (χ3v) is 8.35. The van der Waals surface area contributed by atoms with Gasteiger partial charge in [-0.15, -0.1) is 0 Å². The van der Waals surface area contributed by atoms with Gasteiger partial charge in [-0.3, -0.25) is 14.5 Å². The van der Waals surface area contributed by atoms with Gasteiger partial charge in [-0.2, -0.15) is 5.26 Å². The third-order valence-electron chi connectivity index (χ3n) is 8.35. The summed E-state index contributed by atoms with van der Waals surface area (Å²) < 4.78 is 5.78. The van der Waals surface area contributed by atoms with Crippen molar-refractivity contribution in [2.24, 2.45) is 0 Å². The first kappa shape index (κ1) is 25.1. The van der Waals surface area contributed by atoms with Gasteiger partial charge in [0.15, 0.2) is 0 Å². The van der Waals surface area contributed by atoms with Crippen LogP contribution in [0.3, 0.4) is 0 Å². The minimum atomic E-state index is -0.769. The molecule has 1 N–H and O–H groups in total. The van der Waals surface area contributed by atoms with Gasteiger partial charge < -0.3 is 10.1 Å². The van der Waals surface area contributed by atoms with Gasteiger partial charge in [0, 0.05) is 18.4 Å². The second kappa shape index (κ2) is 9.83. The van der Waals surface area contributed by atoms with Gasteiger partial charge in [-0.05, 0) is 85.1 Å². The van der Waals surface area contributed by atoms with E-state index in [1.807, 2.05) is 31.2 Å². The van der Waals surface area contributed by atoms with E-state index >= 15 is 0 Å². The molecule has 1 aliphatic carbocycles. The number of rotatable bonds is 6. The summed E-state index contributed by atoms with van der Waals surface area (Å²) >= 11 is 0. The minimum Gasteiger partial charge on any atom is -0.358 e. The summed E-state index contributed by atoms with van der Waals surface area (Å²) in [5.41, 5.74) is 7.86. The van der Waals surface area contributed by atoms with Crippen LogP contribution in [0, 0.1) is 11.3 Å². The van der Waals surface area contributed by atoms with Crippen molar-refractivity contribution in [2.75, 3.05) is 12.4 Å². The number of ether oxygens (including phenoxy) is 1. The molecule has 0 saturated heterocycles. The number of nitrogens with one attached hydrogen (secondary N) is 1. The number of allylic oxidation sites excluding steroid dienone is 1. The predicted molar refractivity (Wildman–Crippen MR) is 150 cm³/mol. The van der Waals surface area contributed by atoms with Crippen molar-refractivity contribution in [1.82, 2.24) is 4.90 Å². The Hall–Kier alpha value is -4.21. The number of hydrogen-bond acceptors (Lipinski definition) is 5. The van der Waals surface area contributed by atoms with Gasteiger partial charge in [-0.25, -0.2) is 0 Å². The maximum absolute atomic E-state index is 12.9. The highest BCUT2D eigenvalue weighted by molar-refractivity contribution is 6.21. The number of methoxy groups -OCH3 is 1. The molecule has 6 heteroatoms. The summed E-state index contributed by atoms with van der Waals surface area (Å²) in [7, 11) is 1.74. The van der Waals surface area contributed by atoms with Crippen LogP contribution in [0.15, 0.2) is 72.3 Å². The molecule has 0 bridgehead atoms. The Morgan fingerprint density at radius 1 is 0.949 bits per heavy atom. The number of carbonyl (C=O) groups excluding carboxylic acids is 2. The Balaban J connectivity index is 1.25. The molecule has 3 aromatic carbocycles. The third kappa shape index (κ3) is 4.33. The number of carbonyl (C=O) groups is 2. The first-order valence-corrected chi connectivity index (χ1v) is 13.5. The monoisotopic (exact) mass is 517 g/mol. The van der Waals surface area contributed by atoms with Crippen LogP contribution in [-0.4, -0.2) is 30.1 Å². The number of fused-ring (bicyclic) bond motifs is 3. The zero-order valence-electron chi connectivity index (χ0n) is 22.3. The maximum Gasteiger partial charge on any atom is 0.261 e. The molecule has 0 radical (unpaired) electrons. The van der Waals surface area contributed by atoms with Crippen molar-refractivity contribution in [3.05, 3.63) is 106 Å². The number of nitriles is 1. The summed E-state index contributed by atoms with van der Waals surface area (Å²) in [4.78, 5) is 27.0. The van der Waals surface area contributed by atoms with Crippen LogP contribution in [0.5, 0.6) is 0 Å². The molecule has 196 valence electrons. The summed E-state index contributed by atoms with van der Waals surface area (Å²) in [5.74, 6) is -0.537. The van der Waals surface area contributed by atoms with Crippen molar-refractivity contribution in [3.8, 4) is 6.07 Å². The van der Waals surface area contributed by atoms with Crippen molar-refractivity contribution >= 4 is 23.1 Å². The van der Waals surface area contributed by atoms with Gasteiger partial charge in [0.05, 0.1) is 29.2 Å². The molecule has 2 atom stereocenters. The number of benzene rings is 3. The Morgan fingerprint density at radius 2 is 1.67 bits per heavy atom. The van der Waals surface area contributed by atoms with E-state index in [4.69, 9.17) is 4.74 Å². The van der Waals surface area contributed by atoms with E-state index in [0.717, 1.165) is 35.2 Å². The standard InChI is InChI=1S/C33H31N3O3/c1-33(20-34,23-14-15-25-24-10-3-4-11-26(24)30(39-2)35-29(25)17-23)18-21-8-7-9-22(16-21)19-36-31(37)27-12-5-6-13-28(27)32(36)38/h5-9,12-17,30,35H,3-4,10-11,18-19H2,1-2H3. The van der Waals surface area contributed by atoms with E-state index in [1.165, 1.54) is 34.5 Å². The van der Waals surface area contributed by atoms with Crippen LogP contribution < -0.4 is 5.32 Å². The molecule has 2 heterocycles.